The number of ether oxygens (including phenoxy) is 1. The molecule has 9 heteroatoms. The van der Waals surface area contributed by atoms with Crippen LogP contribution in [0.1, 0.15) is 18.4 Å². The summed E-state index contributed by atoms with van der Waals surface area (Å²) in [6.07, 6.45) is 3.39. The highest BCUT2D eigenvalue weighted by Crippen LogP contribution is 2.18. The maximum absolute atomic E-state index is 13.1. The Bertz CT molecular complexity index is 1140. The van der Waals surface area contributed by atoms with E-state index in [4.69, 9.17) is 4.74 Å². The number of nitrogens with zero attached hydrogens (tertiary/aromatic N) is 4. The zero-order valence-corrected chi connectivity index (χ0v) is 16.2. The van der Waals surface area contributed by atoms with Crippen molar-refractivity contribution in [1.29, 1.82) is 0 Å². The lowest BCUT2D eigenvalue weighted by Crippen LogP contribution is -2.44. The number of amides is 1. The van der Waals surface area contributed by atoms with Crippen LogP contribution >= 0.6 is 0 Å². The Morgan fingerprint density at radius 2 is 1.97 bits per heavy atom. The van der Waals surface area contributed by atoms with Crippen molar-refractivity contribution in [1.82, 2.24) is 24.0 Å². The molecule has 0 unspecified atom stereocenters. The maximum Gasteiger partial charge on any atom is 0.333 e. The highest BCUT2D eigenvalue weighted by Gasteiger charge is 2.25. The molecule has 0 saturated heterocycles. The molecule has 1 amide bonds. The monoisotopic (exact) mass is 397 g/mol. The van der Waals surface area contributed by atoms with E-state index in [1.165, 1.54) is 10.9 Å². The van der Waals surface area contributed by atoms with Gasteiger partial charge in [-0.1, -0.05) is 30.3 Å². The van der Waals surface area contributed by atoms with Gasteiger partial charge in [0.05, 0.1) is 19.5 Å². The molecular formula is C20H23N5O4. The fourth-order valence-electron chi connectivity index (χ4n) is 3.29. The molecule has 9 nitrogen and oxygen atoms in total. The van der Waals surface area contributed by atoms with E-state index < -0.39 is 11.2 Å². The molecule has 29 heavy (non-hydrogen) atoms. The minimum absolute atomic E-state index is 0.153. The molecule has 0 atom stereocenters. The Hall–Kier alpha value is -3.20. The molecule has 1 fully saturated rings. The third-order valence-electron chi connectivity index (χ3n) is 4.95. The number of imidazole rings is 1. The van der Waals surface area contributed by atoms with Gasteiger partial charge in [0.2, 0.25) is 5.91 Å². The number of benzene rings is 1. The molecule has 2 aromatic heterocycles. The largest absolute Gasteiger partial charge is 0.383 e. The lowest BCUT2D eigenvalue weighted by molar-refractivity contribution is -0.121. The highest BCUT2D eigenvalue weighted by atomic mass is 16.5. The van der Waals surface area contributed by atoms with Gasteiger partial charge < -0.3 is 14.6 Å². The molecule has 152 valence electrons. The predicted octanol–water partition coefficient (Wildman–Crippen LogP) is 0.333. The summed E-state index contributed by atoms with van der Waals surface area (Å²) in [5, 5.41) is 2.83. The second-order valence-electron chi connectivity index (χ2n) is 7.19. The summed E-state index contributed by atoms with van der Waals surface area (Å²) in [5.74, 6) is -0.333. The minimum atomic E-state index is -0.547. The fourth-order valence-corrected chi connectivity index (χ4v) is 3.29. The zero-order chi connectivity index (χ0) is 20.4. The van der Waals surface area contributed by atoms with Crippen LogP contribution in [0.4, 0.5) is 0 Å². The van der Waals surface area contributed by atoms with Gasteiger partial charge in [-0.2, -0.15) is 0 Å². The van der Waals surface area contributed by atoms with E-state index in [1.807, 2.05) is 30.3 Å². The van der Waals surface area contributed by atoms with Crippen LogP contribution in [0.5, 0.6) is 0 Å². The molecule has 1 saturated carbocycles. The van der Waals surface area contributed by atoms with E-state index in [1.54, 1.807) is 11.7 Å². The van der Waals surface area contributed by atoms with Crippen LogP contribution in [-0.4, -0.2) is 44.4 Å². The molecule has 1 aliphatic rings. The first-order valence-corrected chi connectivity index (χ1v) is 9.59. The van der Waals surface area contributed by atoms with Gasteiger partial charge in [0, 0.05) is 19.7 Å². The van der Waals surface area contributed by atoms with Crippen molar-refractivity contribution >= 4 is 17.1 Å². The first kappa shape index (κ1) is 19.1. The number of carbonyl (C=O) groups excluding carboxylic acids is 1. The summed E-state index contributed by atoms with van der Waals surface area (Å²) in [6, 6.07) is 9.61. The highest BCUT2D eigenvalue weighted by molar-refractivity contribution is 5.77. The van der Waals surface area contributed by atoms with Gasteiger partial charge in [-0.05, 0) is 18.4 Å². The van der Waals surface area contributed by atoms with Crippen LogP contribution in [-0.2, 0) is 29.2 Å². The number of nitrogens with one attached hydrogen (secondary N) is 1. The lowest BCUT2D eigenvalue weighted by Gasteiger charge is -2.13. The maximum atomic E-state index is 13.1. The van der Waals surface area contributed by atoms with Gasteiger partial charge >= 0.3 is 5.69 Å². The molecule has 3 aromatic rings. The summed E-state index contributed by atoms with van der Waals surface area (Å²) in [7, 11) is 1.57. The van der Waals surface area contributed by atoms with Crippen molar-refractivity contribution in [2.75, 3.05) is 13.7 Å². The molecule has 2 heterocycles. The summed E-state index contributed by atoms with van der Waals surface area (Å²) >= 11 is 0. The Morgan fingerprint density at radius 1 is 1.21 bits per heavy atom. The quantitative estimate of drug-likeness (QED) is 0.591. The lowest BCUT2D eigenvalue weighted by atomic mass is 10.2. The normalized spacial score (nSPS) is 13.7. The van der Waals surface area contributed by atoms with Crippen LogP contribution in [0, 0.1) is 0 Å². The molecule has 1 aromatic carbocycles. The molecule has 0 radical (unpaired) electrons. The van der Waals surface area contributed by atoms with Crippen molar-refractivity contribution < 1.29 is 9.53 Å². The van der Waals surface area contributed by atoms with Crippen molar-refractivity contribution in [3.63, 3.8) is 0 Å². The van der Waals surface area contributed by atoms with Crippen LogP contribution < -0.4 is 16.6 Å². The third kappa shape index (κ3) is 4.00. The third-order valence-corrected chi connectivity index (χ3v) is 4.95. The Balaban J connectivity index is 1.82. The Labute approximate surface area is 166 Å². The number of hydrogen-bond acceptors (Lipinski definition) is 5. The molecule has 1 N–H and O–H groups in total. The van der Waals surface area contributed by atoms with Crippen molar-refractivity contribution in [2.24, 2.45) is 0 Å². The van der Waals surface area contributed by atoms with E-state index in [0.717, 1.165) is 23.0 Å². The predicted molar refractivity (Wildman–Crippen MR) is 107 cm³/mol. The fraction of sp³-hybridized carbons (Fsp3) is 0.400. The number of methoxy groups -OCH3 is 1. The van der Waals surface area contributed by atoms with Crippen LogP contribution in [0.15, 0.2) is 46.2 Å². The van der Waals surface area contributed by atoms with Gasteiger partial charge in [-0.3, -0.25) is 14.2 Å². The Kier molecular flexibility index (Phi) is 5.30. The van der Waals surface area contributed by atoms with Crippen LogP contribution in [0.25, 0.3) is 11.2 Å². The van der Waals surface area contributed by atoms with Crippen molar-refractivity contribution in [3.8, 4) is 0 Å². The van der Waals surface area contributed by atoms with Gasteiger partial charge in [0.1, 0.15) is 6.54 Å². The SMILES string of the molecule is COCCn1cnc2c1c(=O)n(CC(=O)NC1CC1)c(=O)n2Cc1ccccc1. The standard InChI is InChI=1S/C20H23N5O4/c1-29-10-9-23-13-21-18-17(23)19(27)25(12-16(26)22-15-7-8-15)20(28)24(18)11-14-5-3-2-4-6-14/h2-6,13,15H,7-12H2,1H3,(H,22,26). The van der Waals surface area contributed by atoms with Gasteiger partial charge in [-0.25, -0.2) is 14.3 Å². The zero-order valence-electron chi connectivity index (χ0n) is 16.2. The van der Waals surface area contributed by atoms with E-state index in [-0.39, 0.29) is 30.6 Å². The topological polar surface area (TPSA) is 100 Å². The summed E-state index contributed by atoms with van der Waals surface area (Å²) in [4.78, 5) is 42.9. The molecule has 1 aliphatic carbocycles. The van der Waals surface area contributed by atoms with E-state index in [0.29, 0.717) is 18.8 Å². The van der Waals surface area contributed by atoms with Gasteiger partial charge in [0.25, 0.3) is 5.56 Å². The number of aromatic nitrogens is 4. The van der Waals surface area contributed by atoms with Crippen LogP contribution in [0.3, 0.4) is 0 Å². The number of carbonyl (C=O) groups is 1. The average molecular weight is 397 g/mol. The summed E-state index contributed by atoms with van der Waals surface area (Å²) in [5.41, 5.74) is 0.425. The average Bonchev–Trinajstić information content (AvgIpc) is 3.43. The summed E-state index contributed by atoms with van der Waals surface area (Å²) in [6.45, 7) is 0.751. The van der Waals surface area contributed by atoms with Gasteiger partial charge in [-0.15, -0.1) is 0 Å². The van der Waals surface area contributed by atoms with Crippen molar-refractivity contribution in [3.05, 3.63) is 63.1 Å². The van der Waals surface area contributed by atoms with Crippen LogP contribution in [0.2, 0.25) is 0 Å². The second-order valence-corrected chi connectivity index (χ2v) is 7.19. The first-order chi connectivity index (χ1) is 14.1. The molecule has 0 aliphatic heterocycles. The molecule has 0 spiro atoms. The molecule has 4 rings (SSSR count). The van der Waals surface area contributed by atoms with Crippen molar-refractivity contribution in [2.45, 2.75) is 38.5 Å². The minimum Gasteiger partial charge on any atom is -0.383 e. The summed E-state index contributed by atoms with van der Waals surface area (Å²) < 4.78 is 9.21. The van der Waals surface area contributed by atoms with Gasteiger partial charge in [0.15, 0.2) is 11.2 Å². The van der Waals surface area contributed by atoms with E-state index in [2.05, 4.69) is 10.3 Å². The van der Waals surface area contributed by atoms with E-state index in [9.17, 15) is 14.4 Å². The molecular weight excluding hydrogens is 374 g/mol. The van der Waals surface area contributed by atoms with E-state index >= 15 is 0 Å². The number of hydrogen-bond donors (Lipinski definition) is 1. The smallest absolute Gasteiger partial charge is 0.333 e. The first-order valence-electron chi connectivity index (χ1n) is 9.59. The molecule has 0 bridgehead atoms. The number of fused-ring (bicyclic) bond motifs is 1. The second kappa shape index (κ2) is 8.04. The number of rotatable bonds is 8. The Morgan fingerprint density at radius 3 is 2.66 bits per heavy atom.